The van der Waals surface area contributed by atoms with Crippen LogP contribution in [0.25, 0.3) is 11.0 Å². The Hall–Kier alpha value is -3.56. The number of para-hydroxylation sites is 3. The summed E-state index contributed by atoms with van der Waals surface area (Å²) in [5, 5.41) is 2.22. The number of hydrogen-bond donors (Lipinski definition) is 1. The number of halogens is 3. The molecule has 0 radical (unpaired) electrons. The number of anilines is 1. The number of rotatable bonds is 6. The number of alkyl halides is 3. The molecule has 0 saturated heterocycles. The monoisotopic (exact) mass is 434 g/mol. The Morgan fingerprint density at radius 2 is 1.65 bits per heavy atom. The molecule has 0 atom stereocenters. The summed E-state index contributed by atoms with van der Waals surface area (Å²) < 4.78 is 42.1. The van der Waals surface area contributed by atoms with Gasteiger partial charge in [0.2, 0.25) is 11.8 Å². The number of aromatic nitrogens is 2. The van der Waals surface area contributed by atoms with Crippen molar-refractivity contribution in [2.24, 2.45) is 7.05 Å². The van der Waals surface area contributed by atoms with Gasteiger partial charge in [-0.2, -0.15) is 13.2 Å². The van der Waals surface area contributed by atoms with Crippen molar-refractivity contribution in [2.45, 2.75) is 19.6 Å². The van der Waals surface area contributed by atoms with Crippen molar-refractivity contribution in [3.05, 3.63) is 64.6 Å². The molecule has 3 aromatic rings. The first-order valence-corrected chi connectivity index (χ1v) is 9.51. The summed E-state index contributed by atoms with van der Waals surface area (Å²) in [7, 11) is 1.59. The minimum atomic E-state index is -4.63. The van der Waals surface area contributed by atoms with Gasteiger partial charge >= 0.3 is 11.9 Å². The topological polar surface area (TPSA) is 76.3 Å². The molecule has 0 unspecified atom stereocenters. The molecule has 0 fully saturated rings. The molecule has 1 N–H and O–H groups in total. The van der Waals surface area contributed by atoms with E-state index in [-0.39, 0.29) is 24.5 Å². The molecule has 10 heteroatoms. The van der Waals surface area contributed by atoms with Gasteiger partial charge in [-0.25, -0.2) is 4.79 Å². The van der Waals surface area contributed by atoms with E-state index in [1.807, 2.05) is 0 Å². The highest BCUT2D eigenvalue weighted by Crippen LogP contribution is 2.34. The van der Waals surface area contributed by atoms with E-state index in [1.165, 1.54) is 26.2 Å². The third-order valence-electron chi connectivity index (χ3n) is 4.92. The summed E-state index contributed by atoms with van der Waals surface area (Å²) in [5.74, 6) is -1.27. The number of carbonyl (C=O) groups is 2. The molecule has 0 aliphatic heterocycles. The molecule has 1 aromatic heterocycles. The summed E-state index contributed by atoms with van der Waals surface area (Å²) in [6, 6.07) is 11.6. The Morgan fingerprint density at radius 3 is 2.29 bits per heavy atom. The van der Waals surface area contributed by atoms with Crippen LogP contribution in [0.4, 0.5) is 18.9 Å². The molecule has 164 valence electrons. The second-order valence-corrected chi connectivity index (χ2v) is 6.92. The van der Waals surface area contributed by atoms with Crippen molar-refractivity contribution in [3.8, 4) is 0 Å². The first-order chi connectivity index (χ1) is 14.6. The van der Waals surface area contributed by atoms with Crippen LogP contribution in [0.3, 0.4) is 0 Å². The lowest BCUT2D eigenvalue weighted by Gasteiger charge is -2.21. The van der Waals surface area contributed by atoms with E-state index in [0.29, 0.717) is 11.0 Å². The Balaban J connectivity index is 1.75. The van der Waals surface area contributed by atoms with Gasteiger partial charge in [0.1, 0.15) is 6.54 Å². The number of imidazole rings is 1. The van der Waals surface area contributed by atoms with E-state index in [4.69, 9.17) is 0 Å². The fourth-order valence-electron chi connectivity index (χ4n) is 3.33. The molecule has 7 nitrogen and oxygen atoms in total. The normalized spacial score (nSPS) is 11.5. The molecular weight excluding hydrogens is 413 g/mol. The summed E-state index contributed by atoms with van der Waals surface area (Å²) in [5.41, 5.74) is -0.504. The average Bonchev–Trinajstić information content (AvgIpc) is 2.96. The van der Waals surface area contributed by atoms with Gasteiger partial charge in [-0.1, -0.05) is 24.3 Å². The number of carbonyl (C=O) groups excluding carboxylic acids is 2. The molecule has 2 amide bonds. The zero-order chi connectivity index (χ0) is 22.8. The van der Waals surface area contributed by atoms with Gasteiger partial charge in [-0.15, -0.1) is 0 Å². The lowest BCUT2D eigenvalue weighted by Crippen LogP contribution is -2.41. The first-order valence-electron chi connectivity index (χ1n) is 9.51. The van der Waals surface area contributed by atoms with Crippen molar-refractivity contribution in [3.63, 3.8) is 0 Å². The third-order valence-corrected chi connectivity index (χ3v) is 4.92. The highest BCUT2D eigenvalue weighted by molar-refractivity contribution is 5.95. The minimum absolute atomic E-state index is 0.146. The molecule has 3 rings (SSSR count). The van der Waals surface area contributed by atoms with Crippen LogP contribution in [0.15, 0.2) is 53.3 Å². The maximum atomic E-state index is 13.1. The molecule has 1 heterocycles. The quantitative estimate of drug-likeness (QED) is 0.648. The van der Waals surface area contributed by atoms with Crippen molar-refractivity contribution >= 4 is 28.5 Å². The fraction of sp³-hybridized carbons (Fsp3) is 0.286. The van der Waals surface area contributed by atoms with Crippen LogP contribution in [-0.4, -0.2) is 38.9 Å². The zero-order valence-corrected chi connectivity index (χ0v) is 16.9. The number of nitrogens with zero attached hydrogens (tertiary/aromatic N) is 3. The maximum Gasteiger partial charge on any atom is 0.418 e. The maximum absolute atomic E-state index is 13.1. The minimum Gasteiger partial charge on any atom is -0.332 e. The Kier molecular flexibility index (Phi) is 6.19. The number of fused-ring (bicyclic) bond motifs is 1. The Bertz CT molecular complexity index is 1180. The molecule has 0 aliphatic carbocycles. The van der Waals surface area contributed by atoms with E-state index in [1.54, 1.807) is 38.2 Å². The smallest absolute Gasteiger partial charge is 0.332 e. The first kappa shape index (κ1) is 22.1. The van der Waals surface area contributed by atoms with Crippen LogP contribution in [0.1, 0.15) is 12.5 Å². The molecule has 0 bridgehead atoms. The Morgan fingerprint density at radius 1 is 1.03 bits per heavy atom. The van der Waals surface area contributed by atoms with Crippen LogP contribution >= 0.6 is 0 Å². The standard InChI is InChI=1S/C21H21F3N4O3/c1-3-27(12-18(29)25-15-9-5-4-8-14(15)21(22,23)24)19(30)13-28-17-11-7-6-10-16(17)26(2)20(28)31/h4-11H,3,12-13H2,1-2H3,(H,25,29). The van der Waals surface area contributed by atoms with Crippen molar-refractivity contribution < 1.29 is 22.8 Å². The van der Waals surface area contributed by atoms with Gasteiger partial charge in [0.05, 0.1) is 28.8 Å². The predicted octanol–water partition coefficient (Wildman–Crippen LogP) is 2.85. The lowest BCUT2D eigenvalue weighted by atomic mass is 10.1. The number of amides is 2. The predicted molar refractivity (Wildman–Crippen MR) is 110 cm³/mol. The van der Waals surface area contributed by atoms with E-state index in [0.717, 1.165) is 12.1 Å². The third kappa shape index (κ3) is 4.62. The van der Waals surface area contributed by atoms with Gasteiger partial charge in [0, 0.05) is 13.6 Å². The summed E-state index contributed by atoms with van der Waals surface area (Å²) in [6.07, 6.45) is -4.63. The number of benzene rings is 2. The Labute approximate surface area is 175 Å². The van der Waals surface area contributed by atoms with Crippen molar-refractivity contribution in [1.29, 1.82) is 0 Å². The number of hydrogen-bond acceptors (Lipinski definition) is 3. The largest absolute Gasteiger partial charge is 0.418 e. The van der Waals surface area contributed by atoms with Gasteiger partial charge < -0.3 is 10.2 Å². The van der Waals surface area contributed by atoms with E-state index < -0.39 is 30.1 Å². The van der Waals surface area contributed by atoms with E-state index in [2.05, 4.69) is 5.32 Å². The van der Waals surface area contributed by atoms with Gasteiger partial charge in [-0.05, 0) is 31.2 Å². The zero-order valence-electron chi connectivity index (χ0n) is 16.9. The van der Waals surface area contributed by atoms with E-state index in [9.17, 15) is 27.6 Å². The highest BCUT2D eigenvalue weighted by atomic mass is 19.4. The highest BCUT2D eigenvalue weighted by Gasteiger charge is 2.33. The second-order valence-electron chi connectivity index (χ2n) is 6.92. The number of nitrogens with one attached hydrogen (secondary N) is 1. The number of likely N-dealkylation sites (N-methyl/N-ethyl adjacent to an activating group) is 1. The molecule has 2 aromatic carbocycles. The van der Waals surface area contributed by atoms with Crippen LogP contribution < -0.4 is 11.0 Å². The van der Waals surface area contributed by atoms with E-state index >= 15 is 0 Å². The molecule has 0 aliphatic rings. The second kappa shape index (κ2) is 8.66. The average molecular weight is 434 g/mol. The summed E-state index contributed by atoms with van der Waals surface area (Å²) >= 11 is 0. The lowest BCUT2D eigenvalue weighted by molar-refractivity contribution is -0.137. The van der Waals surface area contributed by atoms with Gasteiger partial charge in [0.15, 0.2) is 0 Å². The number of aryl methyl sites for hydroxylation is 1. The molecule has 31 heavy (non-hydrogen) atoms. The van der Waals surface area contributed by atoms with Crippen LogP contribution in [0.5, 0.6) is 0 Å². The molecule has 0 spiro atoms. The molecule has 0 saturated carbocycles. The fourth-order valence-corrected chi connectivity index (χ4v) is 3.33. The SMILES string of the molecule is CCN(CC(=O)Nc1ccccc1C(F)(F)F)C(=O)Cn1c(=O)n(C)c2ccccc21. The van der Waals surface area contributed by atoms with Crippen molar-refractivity contribution in [1.82, 2.24) is 14.0 Å². The van der Waals surface area contributed by atoms with Crippen LogP contribution in [0.2, 0.25) is 0 Å². The summed E-state index contributed by atoms with van der Waals surface area (Å²) in [4.78, 5) is 38.8. The van der Waals surface area contributed by atoms with Crippen molar-refractivity contribution in [2.75, 3.05) is 18.4 Å². The van der Waals surface area contributed by atoms with Crippen LogP contribution in [0, 0.1) is 0 Å². The summed E-state index contributed by atoms with van der Waals surface area (Å²) in [6.45, 7) is 1.05. The van der Waals surface area contributed by atoms with Gasteiger partial charge in [-0.3, -0.25) is 18.7 Å². The van der Waals surface area contributed by atoms with Crippen LogP contribution in [-0.2, 0) is 29.4 Å². The van der Waals surface area contributed by atoms with Gasteiger partial charge in [0.25, 0.3) is 0 Å². The molecular formula is C21H21F3N4O3.